The molecule has 0 aliphatic carbocycles. The molecule has 0 saturated carbocycles. The summed E-state index contributed by atoms with van der Waals surface area (Å²) in [5.74, 6) is 0. The van der Waals surface area contributed by atoms with Gasteiger partial charge in [-0.05, 0) is 35.0 Å². The summed E-state index contributed by atoms with van der Waals surface area (Å²) in [6.07, 6.45) is 0. The lowest BCUT2D eigenvalue weighted by molar-refractivity contribution is 1.19. The number of hydrogen-bond acceptors (Lipinski definition) is 3. The number of nitrogens with zero attached hydrogens (tertiary/aromatic N) is 2. The molecule has 0 aromatic heterocycles. The van der Waals surface area contributed by atoms with E-state index in [1.165, 1.54) is 31.3 Å². The highest BCUT2D eigenvalue weighted by Gasteiger charge is 2.29. The summed E-state index contributed by atoms with van der Waals surface area (Å²) in [6.45, 7) is 0. The number of nitriles is 1. The van der Waals surface area contributed by atoms with E-state index < -0.39 is 0 Å². The Morgan fingerprint density at radius 1 is 0.600 bits per heavy atom. The van der Waals surface area contributed by atoms with Crippen LogP contribution in [0.2, 0.25) is 0 Å². The van der Waals surface area contributed by atoms with Crippen molar-refractivity contribution >= 4 is 50.4 Å². The Bertz CT molecular complexity index is 1410. The molecule has 0 N–H and O–H groups in total. The average Bonchev–Trinajstić information content (AvgIpc) is 2.82. The van der Waals surface area contributed by atoms with Gasteiger partial charge in [-0.25, -0.2) is 0 Å². The topological polar surface area (TPSA) is 27.0 Å². The van der Waals surface area contributed by atoms with E-state index in [9.17, 15) is 5.26 Å². The molecule has 5 aromatic rings. The monoisotopic (exact) mass is 400 g/mol. The van der Waals surface area contributed by atoms with E-state index >= 15 is 0 Å². The highest BCUT2D eigenvalue weighted by atomic mass is 32.2. The molecule has 1 aliphatic heterocycles. The van der Waals surface area contributed by atoms with Crippen LogP contribution < -0.4 is 4.90 Å². The first-order valence-corrected chi connectivity index (χ1v) is 10.7. The van der Waals surface area contributed by atoms with Crippen LogP contribution in [0.1, 0.15) is 5.56 Å². The SMILES string of the molecule is N#Cc1ccccc1N1c2c(ccc3ccccc23)Sc2ccc3ccccc3c21. The molecular formula is C27H16N2S. The molecule has 0 atom stereocenters. The molecule has 0 radical (unpaired) electrons. The fourth-order valence-corrected chi connectivity index (χ4v) is 5.44. The molecule has 1 heterocycles. The quantitative estimate of drug-likeness (QED) is 0.282. The van der Waals surface area contributed by atoms with Crippen molar-refractivity contribution in [2.45, 2.75) is 9.79 Å². The van der Waals surface area contributed by atoms with E-state index in [1.807, 2.05) is 24.3 Å². The Morgan fingerprint density at radius 2 is 1.13 bits per heavy atom. The third-order valence-corrected chi connectivity index (χ3v) is 6.76. The summed E-state index contributed by atoms with van der Waals surface area (Å²) in [4.78, 5) is 4.69. The maximum absolute atomic E-state index is 9.89. The summed E-state index contributed by atoms with van der Waals surface area (Å²) in [7, 11) is 0. The first kappa shape index (κ1) is 17.1. The number of para-hydroxylation sites is 1. The van der Waals surface area contributed by atoms with Crippen molar-refractivity contribution < 1.29 is 0 Å². The second-order valence-electron chi connectivity index (χ2n) is 7.33. The van der Waals surface area contributed by atoms with Crippen molar-refractivity contribution in [3.63, 3.8) is 0 Å². The summed E-state index contributed by atoms with van der Waals surface area (Å²) >= 11 is 1.80. The van der Waals surface area contributed by atoms with Gasteiger partial charge in [0, 0.05) is 20.6 Å². The van der Waals surface area contributed by atoms with E-state index in [0.717, 1.165) is 17.1 Å². The predicted molar refractivity (Wildman–Crippen MR) is 125 cm³/mol. The van der Waals surface area contributed by atoms with Gasteiger partial charge in [-0.2, -0.15) is 5.26 Å². The van der Waals surface area contributed by atoms with Gasteiger partial charge in [0.1, 0.15) is 6.07 Å². The number of fused-ring (bicyclic) bond motifs is 6. The Balaban J connectivity index is 1.79. The van der Waals surface area contributed by atoms with Crippen LogP contribution in [-0.4, -0.2) is 0 Å². The molecule has 140 valence electrons. The predicted octanol–water partition coefficient (Wildman–Crippen LogP) is 7.80. The molecular weight excluding hydrogens is 384 g/mol. The minimum absolute atomic E-state index is 0.669. The lowest BCUT2D eigenvalue weighted by atomic mass is 10.0. The molecule has 5 aromatic carbocycles. The first-order chi connectivity index (χ1) is 14.8. The van der Waals surface area contributed by atoms with E-state index in [4.69, 9.17) is 0 Å². The molecule has 3 heteroatoms. The average molecular weight is 401 g/mol. The molecule has 0 saturated heterocycles. The smallest absolute Gasteiger partial charge is 0.101 e. The van der Waals surface area contributed by atoms with E-state index in [2.05, 4.69) is 83.8 Å². The normalized spacial score (nSPS) is 12.4. The van der Waals surface area contributed by atoms with Gasteiger partial charge in [-0.3, -0.25) is 0 Å². The Labute approximate surface area is 179 Å². The van der Waals surface area contributed by atoms with Crippen LogP contribution in [0.3, 0.4) is 0 Å². The van der Waals surface area contributed by atoms with Gasteiger partial charge in [-0.1, -0.05) is 84.6 Å². The van der Waals surface area contributed by atoms with Crippen LogP contribution in [0.25, 0.3) is 21.5 Å². The number of anilines is 3. The van der Waals surface area contributed by atoms with Gasteiger partial charge in [0.05, 0.1) is 22.6 Å². The summed E-state index contributed by atoms with van der Waals surface area (Å²) in [5, 5.41) is 14.7. The fourth-order valence-electron chi connectivity index (χ4n) is 4.33. The molecule has 0 unspecified atom stereocenters. The molecule has 2 nitrogen and oxygen atoms in total. The summed E-state index contributed by atoms with van der Waals surface area (Å²) in [6, 6.07) is 36.0. The maximum atomic E-state index is 9.89. The minimum Gasteiger partial charge on any atom is -0.306 e. The maximum Gasteiger partial charge on any atom is 0.101 e. The van der Waals surface area contributed by atoms with Crippen molar-refractivity contribution in [2.75, 3.05) is 4.90 Å². The van der Waals surface area contributed by atoms with Crippen LogP contribution in [0, 0.1) is 11.3 Å². The van der Waals surface area contributed by atoms with Crippen molar-refractivity contribution in [1.29, 1.82) is 5.26 Å². The zero-order valence-corrected chi connectivity index (χ0v) is 16.9. The Morgan fingerprint density at radius 3 is 1.73 bits per heavy atom. The third-order valence-electron chi connectivity index (χ3n) is 5.66. The van der Waals surface area contributed by atoms with Crippen LogP contribution >= 0.6 is 11.8 Å². The molecule has 6 rings (SSSR count). The van der Waals surface area contributed by atoms with Gasteiger partial charge in [0.25, 0.3) is 0 Å². The Kier molecular flexibility index (Phi) is 3.80. The van der Waals surface area contributed by atoms with Crippen molar-refractivity contribution in [1.82, 2.24) is 0 Å². The van der Waals surface area contributed by atoms with Gasteiger partial charge < -0.3 is 4.90 Å². The van der Waals surface area contributed by atoms with Gasteiger partial charge in [0.15, 0.2) is 0 Å². The zero-order valence-electron chi connectivity index (χ0n) is 16.0. The summed E-state index contributed by atoms with van der Waals surface area (Å²) in [5.41, 5.74) is 3.87. The van der Waals surface area contributed by atoms with Crippen molar-refractivity contribution in [3.05, 3.63) is 103 Å². The molecule has 0 bridgehead atoms. The van der Waals surface area contributed by atoms with Crippen molar-refractivity contribution in [2.24, 2.45) is 0 Å². The van der Waals surface area contributed by atoms with Gasteiger partial charge in [-0.15, -0.1) is 0 Å². The van der Waals surface area contributed by atoms with E-state index in [1.54, 1.807) is 11.8 Å². The minimum atomic E-state index is 0.669. The van der Waals surface area contributed by atoms with E-state index in [-0.39, 0.29) is 0 Å². The Hall–Kier alpha value is -3.74. The van der Waals surface area contributed by atoms with Gasteiger partial charge in [0.2, 0.25) is 0 Å². The molecule has 0 amide bonds. The van der Waals surface area contributed by atoms with Crippen LogP contribution in [-0.2, 0) is 0 Å². The number of benzene rings is 5. The molecule has 0 spiro atoms. The largest absolute Gasteiger partial charge is 0.306 e. The van der Waals surface area contributed by atoms with Gasteiger partial charge >= 0.3 is 0 Å². The highest BCUT2D eigenvalue weighted by Crippen LogP contribution is 2.56. The van der Waals surface area contributed by atoms with Crippen LogP contribution in [0.15, 0.2) is 107 Å². The molecule has 30 heavy (non-hydrogen) atoms. The third kappa shape index (κ3) is 2.45. The lowest BCUT2D eigenvalue weighted by Crippen LogP contribution is -2.17. The highest BCUT2D eigenvalue weighted by molar-refractivity contribution is 7.99. The summed E-state index contributed by atoms with van der Waals surface area (Å²) < 4.78 is 0. The van der Waals surface area contributed by atoms with Crippen LogP contribution in [0.4, 0.5) is 17.1 Å². The molecule has 0 fully saturated rings. The fraction of sp³-hybridized carbons (Fsp3) is 0. The second kappa shape index (κ2) is 6.66. The molecule has 1 aliphatic rings. The standard InChI is InChI=1S/C27H16N2S/c28-17-20-9-3-6-12-23(20)29-26-21-10-4-1-7-18(21)13-15-24(26)30-25-16-14-19-8-2-5-11-22(19)27(25)29/h1-16H. The first-order valence-electron chi connectivity index (χ1n) is 9.86. The zero-order chi connectivity index (χ0) is 20.1. The lowest BCUT2D eigenvalue weighted by Gasteiger charge is -2.35. The number of hydrogen-bond donors (Lipinski definition) is 0. The second-order valence-corrected chi connectivity index (χ2v) is 8.42. The van der Waals surface area contributed by atoms with Crippen LogP contribution in [0.5, 0.6) is 0 Å². The van der Waals surface area contributed by atoms with E-state index in [0.29, 0.717) is 5.56 Å². The van der Waals surface area contributed by atoms with Crippen molar-refractivity contribution in [3.8, 4) is 6.07 Å². The number of rotatable bonds is 1.